The smallest absolute Gasteiger partial charge is 0.256 e. The van der Waals surface area contributed by atoms with Gasteiger partial charge in [-0.3, -0.25) is 9.59 Å². The van der Waals surface area contributed by atoms with E-state index in [4.69, 9.17) is 5.11 Å². The minimum Gasteiger partial charge on any atom is -0.394 e. The van der Waals surface area contributed by atoms with E-state index in [0.29, 0.717) is 18.5 Å². The number of rotatable bonds is 3. The van der Waals surface area contributed by atoms with Crippen LogP contribution in [-0.4, -0.2) is 41.5 Å². The molecule has 0 aliphatic carbocycles. The van der Waals surface area contributed by atoms with Crippen molar-refractivity contribution in [1.29, 1.82) is 0 Å². The van der Waals surface area contributed by atoms with Gasteiger partial charge in [-0.2, -0.15) is 0 Å². The molecule has 1 atom stereocenters. The number of likely N-dealkylation sites (N-methyl/N-ethyl adjacent to an activating group) is 1. The summed E-state index contributed by atoms with van der Waals surface area (Å²) in [6.45, 7) is 1.49. The van der Waals surface area contributed by atoms with Crippen LogP contribution in [0, 0.1) is 5.82 Å². The average molecular weight is 280 g/mol. The number of halogens is 1. The van der Waals surface area contributed by atoms with Crippen LogP contribution >= 0.6 is 0 Å². The number of aryl methyl sites for hydroxylation is 1. The van der Waals surface area contributed by atoms with Gasteiger partial charge in [-0.15, -0.1) is 0 Å². The van der Waals surface area contributed by atoms with Crippen molar-refractivity contribution in [3.05, 3.63) is 29.1 Å². The second kappa shape index (κ2) is 5.58. The largest absolute Gasteiger partial charge is 0.394 e. The molecule has 20 heavy (non-hydrogen) atoms. The zero-order chi connectivity index (χ0) is 14.9. The maximum Gasteiger partial charge on any atom is 0.256 e. The molecule has 1 aromatic carbocycles. The quantitative estimate of drug-likeness (QED) is 0.873. The summed E-state index contributed by atoms with van der Waals surface area (Å²) in [5.41, 5.74) is 1.13. The Hall–Kier alpha value is -1.95. The van der Waals surface area contributed by atoms with E-state index in [1.807, 2.05) is 0 Å². The predicted octanol–water partition coefficient (Wildman–Crippen LogP) is 1.16. The van der Waals surface area contributed by atoms with Crippen LogP contribution in [0.1, 0.15) is 29.3 Å². The molecule has 0 fully saturated rings. The summed E-state index contributed by atoms with van der Waals surface area (Å²) >= 11 is 0. The monoisotopic (exact) mass is 280 g/mol. The van der Waals surface area contributed by atoms with Crippen LogP contribution in [0.25, 0.3) is 0 Å². The first-order valence-electron chi connectivity index (χ1n) is 6.44. The Morgan fingerprint density at radius 1 is 1.50 bits per heavy atom. The number of aliphatic hydroxyl groups excluding tert-OH is 1. The van der Waals surface area contributed by atoms with Gasteiger partial charge in [0.15, 0.2) is 0 Å². The van der Waals surface area contributed by atoms with E-state index in [1.165, 1.54) is 24.1 Å². The lowest BCUT2D eigenvalue weighted by atomic mass is 9.99. The highest BCUT2D eigenvalue weighted by Gasteiger charge is 2.24. The van der Waals surface area contributed by atoms with Crippen molar-refractivity contribution in [2.24, 2.45) is 0 Å². The fourth-order valence-corrected chi connectivity index (χ4v) is 2.08. The molecule has 1 aliphatic heterocycles. The molecule has 1 aliphatic rings. The van der Waals surface area contributed by atoms with Crippen LogP contribution in [0.15, 0.2) is 12.1 Å². The van der Waals surface area contributed by atoms with Crippen molar-refractivity contribution in [2.45, 2.75) is 25.8 Å². The summed E-state index contributed by atoms with van der Waals surface area (Å²) in [5, 5.41) is 11.6. The van der Waals surface area contributed by atoms with E-state index < -0.39 is 17.8 Å². The highest BCUT2D eigenvalue weighted by atomic mass is 19.1. The molecule has 2 N–H and O–H groups in total. The lowest BCUT2D eigenvalue weighted by molar-refractivity contribution is -0.116. The summed E-state index contributed by atoms with van der Waals surface area (Å²) in [6, 6.07) is 2.27. The van der Waals surface area contributed by atoms with Crippen LogP contribution in [0.2, 0.25) is 0 Å². The molecule has 1 aromatic rings. The van der Waals surface area contributed by atoms with Crippen molar-refractivity contribution < 1.29 is 19.1 Å². The van der Waals surface area contributed by atoms with Crippen LogP contribution in [0.4, 0.5) is 10.1 Å². The summed E-state index contributed by atoms with van der Waals surface area (Å²) in [5.74, 6) is -1.31. The van der Waals surface area contributed by atoms with Crippen molar-refractivity contribution in [2.75, 3.05) is 19.0 Å². The Labute approximate surface area is 116 Å². The van der Waals surface area contributed by atoms with Gasteiger partial charge in [0.2, 0.25) is 5.91 Å². The summed E-state index contributed by atoms with van der Waals surface area (Å²) in [7, 11) is 1.52. The number of hydrogen-bond donors (Lipinski definition) is 2. The SMILES string of the molecule is CC(CO)N(C)C(=O)c1cc2c(cc1F)NC(=O)CC2. The molecular weight excluding hydrogens is 263 g/mol. The highest BCUT2D eigenvalue weighted by Crippen LogP contribution is 2.26. The van der Waals surface area contributed by atoms with Crippen LogP contribution < -0.4 is 5.32 Å². The Balaban J connectivity index is 2.34. The number of carbonyl (C=O) groups is 2. The normalized spacial score (nSPS) is 15.3. The van der Waals surface area contributed by atoms with Crippen molar-refractivity contribution in [3.63, 3.8) is 0 Å². The maximum atomic E-state index is 14.0. The Morgan fingerprint density at radius 3 is 2.85 bits per heavy atom. The van der Waals surface area contributed by atoms with E-state index in [-0.39, 0.29) is 18.1 Å². The first-order valence-corrected chi connectivity index (χ1v) is 6.44. The van der Waals surface area contributed by atoms with Gasteiger partial charge in [0.05, 0.1) is 18.2 Å². The van der Waals surface area contributed by atoms with Gasteiger partial charge < -0.3 is 15.3 Å². The number of carbonyl (C=O) groups excluding carboxylic acids is 2. The maximum absolute atomic E-state index is 14.0. The Kier molecular flexibility index (Phi) is 4.04. The predicted molar refractivity (Wildman–Crippen MR) is 72.0 cm³/mol. The lowest BCUT2D eigenvalue weighted by Gasteiger charge is -2.24. The van der Waals surface area contributed by atoms with E-state index >= 15 is 0 Å². The van der Waals surface area contributed by atoms with Gasteiger partial charge in [0.25, 0.3) is 5.91 Å². The van der Waals surface area contributed by atoms with Crippen LogP contribution in [0.3, 0.4) is 0 Å². The van der Waals surface area contributed by atoms with Crippen molar-refractivity contribution in [3.8, 4) is 0 Å². The van der Waals surface area contributed by atoms with E-state index in [1.54, 1.807) is 6.92 Å². The average Bonchev–Trinajstić information content (AvgIpc) is 2.44. The molecule has 6 heteroatoms. The van der Waals surface area contributed by atoms with Crippen LogP contribution in [0.5, 0.6) is 0 Å². The Morgan fingerprint density at radius 2 is 2.20 bits per heavy atom. The molecule has 2 rings (SSSR count). The third kappa shape index (κ3) is 2.65. The van der Waals surface area contributed by atoms with Gasteiger partial charge in [0.1, 0.15) is 5.82 Å². The summed E-state index contributed by atoms with van der Waals surface area (Å²) < 4.78 is 14.0. The number of hydrogen-bond acceptors (Lipinski definition) is 3. The molecule has 0 saturated carbocycles. The fraction of sp³-hybridized carbons (Fsp3) is 0.429. The third-order valence-electron chi connectivity index (χ3n) is 3.56. The number of benzene rings is 1. The number of anilines is 1. The standard InChI is InChI=1S/C14H17FN2O3/c1-8(7-18)17(2)14(20)10-5-9-3-4-13(19)16-12(9)6-11(10)15/h5-6,8,18H,3-4,7H2,1-2H3,(H,16,19). The second-order valence-corrected chi connectivity index (χ2v) is 4.99. The van der Waals surface area contributed by atoms with Gasteiger partial charge >= 0.3 is 0 Å². The first-order chi connectivity index (χ1) is 9.43. The molecule has 0 bridgehead atoms. The zero-order valence-electron chi connectivity index (χ0n) is 11.4. The number of aliphatic hydroxyl groups is 1. The lowest BCUT2D eigenvalue weighted by Crippen LogP contribution is -2.37. The molecule has 108 valence electrons. The minimum absolute atomic E-state index is 0.0392. The summed E-state index contributed by atoms with van der Waals surface area (Å²) in [4.78, 5) is 24.8. The molecule has 1 heterocycles. The Bertz CT molecular complexity index is 560. The molecule has 0 saturated heterocycles. The zero-order valence-corrected chi connectivity index (χ0v) is 11.4. The second-order valence-electron chi connectivity index (χ2n) is 4.99. The third-order valence-corrected chi connectivity index (χ3v) is 3.56. The highest BCUT2D eigenvalue weighted by molar-refractivity contribution is 5.98. The topological polar surface area (TPSA) is 69.6 Å². The van der Waals surface area contributed by atoms with Gasteiger partial charge in [-0.05, 0) is 31.0 Å². The number of nitrogens with zero attached hydrogens (tertiary/aromatic N) is 1. The number of amides is 2. The molecule has 0 spiro atoms. The first kappa shape index (κ1) is 14.5. The minimum atomic E-state index is -0.673. The number of fused-ring (bicyclic) bond motifs is 1. The van der Waals surface area contributed by atoms with E-state index in [2.05, 4.69) is 5.32 Å². The van der Waals surface area contributed by atoms with E-state index in [0.717, 1.165) is 5.56 Å². The van der Waals surface area contributed by atoms with Crippen molar-refractivity contribution in [1.82, 2.24) is 4.90 Å². The molecule has 5 nitrogen and oxygen atoms in total. The van der Waals surface area contributed by atoms with Gasteiger partial charge in [0, 0.05) is 19.2 Å². The van der Waals surface area contributed by atoms with Gasteiger partial charge in [-0.25, -0.2) is 4.39 Å². The van der Waals surface area contributed by atoms with Crippen LogP contribution in [-0.2, 0) is 11.2 Å². The van der Waals surface area contributed by atoms with E-state index in [9.17, 15) is 14.0 Å². The number of nitrogens with one attached hydrogen (secondary N) is 1. The fourth-order valence-electron chi connectivity index (χ4n) is 2.08. The van der Waals surface area contributed by atoms with Crippen molar-refractivity contribution >= 4 is 17.5 Å². The molecule has 1 unspecified atom stereocenters. The summed E-state index contributed by atoms with van der Waals surface area (Å²) in [6.07, 6.45) is 0.816. The van der Waals surface area contributed by atoms with Gasteiger partial charge in [-0.1, -0.05) is 0 Å². The molecule has 2 amide bonds. The molecule has 0 radical (unpaired) electrons. The molecule has 0 aromatic heterocycles. The molecular formula is C14H17FN2O3.